The van der Waals surface area contributed by atoms with Crippen LogP contribution in [0.25, 0.3) is 0 Å². The third kappa shape index (κ3) is 2.46. The number of aliphatic carboxylic acids is 1. The van der Waals surface area contributed by atoms with Crippen LogP contribution in [0.2, 0.25) is 0 Å². The molecule has 92 valence electrons. The van der Waals surface area contributed by atoms with Gasteiger partial charge in [-0.15, -0.1) is 0 Å². The van der Waals surface area contributed by atoms with Crippen LogP contribution in [0.4, 0.5) is 0 Å². The van der Waals surface area contributed by atoms with Gasteiger partial charge in [-0.1, -0.05) is 6.42 Å². The summed E-state index contributed by atoms with van der Waals surface area (Å²) in [6.07, 6.45) is 3.03. The summed E-state index contributed by atoms with van der Waals surface area (Å²) in [5.41, 5.74) is 0.0656. The van der Waals surface area contributed by atoms with Crippen molar-refractivity contribution in [2.45, 2.75) is 38.0 Å². The first-order valence-electron chi connectivity index (χ1n) is 5.65. The second-order valence-electron chi connectivity index (χ2n) is 4.32. The highest BCUT2D eigenvalue weighted by molar-refractivity contribution is 5.67. The lowest BCUT2D eigenvalue weighted by atomic mass is 9.81. The number of H-pyrrole nitrogens is 2. The van der Waals surface area contributed by atoms with Gasteiger partial charge in [0.1, 0.15) is 0 Å². The molecular weight excluding hydrogens is 224 g/mol. The Hall–Kier alpha value is -1.85. The van der Waals surface area contributed by atoms with E-state index in [4.69, 9.17) is 5.11 Å². The Kier molecular flexibility index (Phi) is 3.12. The summed E-state index contributed by atoms with van der Waals surface area (Å²) in [4.78, 5) is 38.2. The Morgan fingerprint density at radius 2 is 2.00 bits per heavy atom. The molecule has 0 bridgehead atoms. The minimum absolute atomic E-state index is 0.102. The number of carbonyl (C=O) groups is 1. The summed E-state index contributed by atoms with van der Waals surface area (Å²) in [5.74, 6) is -0.746. The van der Waals surface area contributed by atoms with Gasteiger partial charge < -0.3 is 10.1 Å². The molecule has 1 aromatic heterocycles. The molecule has 3 N–H and O–H groups in total. The lowest BCUT2D eigenvalue weighted by Crippen LogP contribution is -2.31. The van der Waals surface area contributed by atoms with Crippen LogP contribution in [0, 0.1) is 0 Å². The van der Waals surface area contributed by atoms with Crippen molar-refractivity contribution < 1.29 is 9.90 Å². The molecule has 1 saturated carbocycles. The van der Waals surface area contributed by atoms with Gasteiger partial charge in [0, 0.05) is 17.7 Å². The van der Waals surface area contributed by atoms with E-state index in [0.717, 1.165) is 19.3 Å². The lowest BCUT2D eigenvalue weighted by molar-refractivity contribution is -0.136. The normalized spacial score (nSPS) is 15.5. The minimum atomic E-state index is -0.949. The molecule has 0 spiro atoms. The van der Waals surface area contributed by atoms with E-state index < -0.39 is 17.2 Å². The maximum atomic E-state index is 11.6. The maximum Gasteiger partial charge on any atom is 0.325 e. The van der Waals surface area contributed by atoms with Crippen LogP contribution in [0.15, 0.2) is 9.59 Å². The van der Waals surface area contributed by atoms with Gasteiger partial charge in [0.25, 0.3) is 5.56 Å². The molecule has 0 saturated heterocycles. The van der Waals surface area contributed by atoms with Gasteiger partial charge in [-0.05, 0) is 25.2 Å². The molecule has 0 amide bonds. The Labute approximate surface area is 96.7 Å². The van der Waals surface area contributed by atoms with Crippen LogP contribution in [-0.2, 0) is 11.2 Å². The van der Waals surface area contributed by atoms with Crippen molar-refractivity contribution in [1.29, 1.82) is 0 Å². The molecule has 0 aliphatic heterocycles. The number of aromatic nitrogens is 2. The van der Waals surface area contributed by atoms with Crippen LogP contribution < -0.4 is 11.2 Å². The minimum Gasteiger partial charge on any atom is -0.481 e. The predicted octanol–water partition coefficient (Wildman–Crippen LogP) is 0.348. The number of aromatic amines is 2. The van der Waals surface area contributed by atoms with Crippen LogP contribution in [0.3, 0.4) is 0 Å². The Balaban J connectivity index is 2.36. The summed E-state index contributed by atoms with van der Waals surface area (Å²) in [7, 11) is 0. The maximum absolute atomic E-state index is 11.6. The predicted molar refractivity (Wildman–Crippen MR) is 60.2 cm³/mol. The van der Waals surface area contributed by atoms with Crippen molar-refractivity contribution in [3.8, 4) is 0 Å². The molecule has 1 aliphatic carbocycles. The van der Waals surface area contributed by atoms with Crippen LogP contribution >= 0.6 is 0 Å². The Morgan fingerprint density at radius 3 is 2.53 bits per heavy atom. The fourth-order valence-electron chi connectivity index (χ4n) is 2.06. The zero-order valence-electron chi connectivity index (χ0n) is 9.28. The highest BCUT2D eigenvalue weighted by Crippen LogP contribution is 2.35. The van der Waals surface area contributed by atoms with E-state index >= 15 is 0 Å². The van der Waals surface area contributed by atoms with Gasteiger partial charge in [0.05, 0.1) is 0 Å². The fourth-order valence-corrected chi connectivity index (χ4v) is 2.06. The molecule has 0 aromatic carbocycles. The molecule has 6 heteroatoms. The summed E-state index contributed by atoms with van der Waals surface area (Å²) < 4.78 is 0. The molecule has 17 heavy (non-hydrogen) atoms. The van der Waals surface area contributed by atoms with Crippen molar-refractivity contribution in [1.82, 2.24) is 9.97 Å². The van der Waals surface area contributed by atoms with E-state index in [1.165, 1.54) is 0 Å². The molecule has 0 unspecified atom stereocenters. The third-order valence-electron chi connectivity index (χ3n) is 3.18. The highest BCUT2D eigenvalue weighted by Gasteiger charge is 2.24. The SMILES string of the molecule is O=C(O)CCc1c(C2CCC2)[nH]c(=O)[nH]c1=O. The largest absolute Gasteiger partial charge is 0.481 e. The number of carboxylic acids is 1. The van der Waals surface area contributed by atoms with Crippen LogP contribution in [-0.4, -0.2) is 21.0 Å². The van der Waals surface area contributed by atoms with E-state index in [0.29, 0.717) is 11.3 Å². The molecule has 1 aliphatic rings. The molecule has 1 heterocycles. The van der Waals surface area contributed by atoms with Crippen LogP contribution in [0.5, 0.6) is 0 Å². The van der Waals surface area contributed by atoms with Crippen molar-refractivity contribution in [3.63, 3.8) is 0 Å². The zero-order valence-corrected chi connectivity index (χ0v) is 9.28. The molecule has 0 radical (unpaired) electrons. The van der Waals surface area contributed by atoms with Crippen LogP contribution in [0.1, 0.15) is 42.9 Å². The van der Waals surface area contributed by atoms with Crippen molar-refractivity contribution >= 4 is 5.97 Å². The standard InChI is InChI=1S/C11H14N2O4/c14-8(15)5-4-7-9(6-2-1-3-6)12-11(17)13-10(7)16/h6H,1-5H2,(H,14,15)(H2,12,13,16,17). The van der Waals surface area contributed by atoms with E-state index in [1.807, 2.05) is 0 Å². The Morgan fingerprint density at radius 1 is 1.29 bits per heavy atom. The number of nitrogens with one attached hydrogen (secondary N) is 2. The molecule has 6 nitrogen and oxygen atoms in total. The van der Waals surface area contributed by atoms with Crippen molar-refractivity contribution in [2.24, 2.45) is 0 Å². The van der Waals surface area contributed by atoms with Gasteiger partial charge in [0.15, 0.2) is 0 Å². The quantitative estimate of drug-likeness (QED) is 0.704. The number of hydrogen-bond acceptors (Lipinski definition) is 3. The number of rotatable bonds is 4. The summed E-state index contributed by atoms with van der Waals surface area (Å²) in [5, 5.41) is 8.64. The average Bonchev–Trinajstić information content (AvgIpc) is 2.12. The monoisotopic (exact) mass is 238 g/mol. The van der Waals surface area contributed by atoms with Gasteiger partial charge in [-0.2, -0.15) is 0 Å². The molecule has 2 rings (SSSR count). The van der Waals surface area contributed by atoms with Crippen molar-refractivity contribution in [3.05, 3.63) is 32.1 Å². The van der Waals surface area contributed by atoms with Gasteiger partial charge in [0.2, 0.25) is 0 Å². The first kappa shape index (κ1) is 11.6. The van der Waals surface area contributed by atoms with Gasteiger partial charge in [-0.25, -0.2) is 4.79 Å². The smallest absolute Gasteiger partial charge is 0.325 e. The summed E-state index contributed by atoms with van der Waals surface area (Å²) in [6, 6.07) is 0. The van der Waals surface area contributed by atoms with Gasteiger partial charge in [-0.3, -0.25) is 14.6 Å². The first-order valence-corrected chi connectivity index (χ1v) is 5.65. The topological polar surface area (TPSA) is 103 Å². The van der Waals surface area contributed by atoms with E-state index in [-0.39, 0.29) is 18.8 Å². The Bertz CT molecular complexity index is 539. The number of hydrogen-bond donors (Lipinski definition) is 3. The summed E-state index contributed by atoms with van der Waals surface area (Å²) >= 11 is 0. The molecule has 1 fully saturated rings. The van der Waals surface area contributed by atoms with E-state index in [1.54, 1.807) is 0 Å². The molecule has 1 aromatic rings. The molecule has 0 atom stereocenters. The third-order valence-corrected chi connectivity index (χ3v) is 3.18. The molecular formula is C11H14N2O4. The number of carboxylic acid groups (broad SMARTS) is 1. The highest BCUT2D eigenvalue weighted by atomic mass is 16.4. The second kappa shape index (κ2) is 4.57. The summed E-state index contributed by atoms with van der Waals surface area (Å²) in [6.45, 7) is 0. The lowest BCUT2D eigenvalue weighted by Gasteiger charge is -2.26. The zero-order chi connectivity index (χ0) is 12.4. The average molecular weight is 238 g/mol. The van der Waals surface area contributed by atoms with E-state index in [9.17, 15) is 14.4 Å². The van der Waals surface area contributed by atoms with Gasteiger partial charge >= 0.3 is 11.7 Å². The van der Waals surface area contributed by atoms with Crippen molar-refractivity contribution in [2.75, 3.05) is 0 Å². The second-order valence-corrected chi connectivity index (χ2v) is 4.32. The first-order chi connectivity index (χ1) is 8.08. The fraction of sp³-hybridized carbons (Fsp3) is 0.545. The van der Waals surface area contributed by atoms with E-state index in [2.05, 4.69) is 9.97 Å².